The molecule has 0 fully saturated rings. The van der Waals surface area contributed by atoms with Crippen molar-refractivity contribution in [3.63, 3.8) is 0 Å². The highest BCUT2D eigenvalue weighted by Crippen LogP contribution is 2.33. The van der Waals surface area contributed by atoms with Gasteiger partial charge < -0.3 is 19.9 Å². The zero-order valence-electron chi connectivity index (χ0n) is 15.8. The normalized spacial score (nSPS) is 11.6. The molecule has 0 bridgehead atoms. The van der Waals surface area contributed by atoms with Gasteiger partial charge in [0.25, 0.3) is 5.91 Å². The predicted octanol–water partition coefficient (Wildman–Crippen LogP) is 3.07. The first kappa shape index (κ1) is 20.3. The van der Waals surface area contributed by atoms with Crippen molar-refractivity contribution in [1.82, 2.24) is 10.3 Å². The van der Waals surface area contributed by atoms with Crippen LogP contribution in [0.3, 0.4) is 0 Å². The summed E-state index contributed by atoms with van der Waals surface area (Å²) in [6.45, 7) is 0.00285. The van der Waals surface area contributed by atoms with Gasteiger partial charge >= 0.3 is 0 Å². The highest BCUT2D eigenvalue weighted by Gasteiger charge is 2.12. The van der Waals surface area contributed by atoms with E-state index in [1.165, 1.54) is 25.4 Å². The van der Waals surface area contributed by atoms with Gasteiger partial charge in [0.1, 0.15) is 30.0 Å². The Bertz CT molecular complexity index is 966. The third kappa shape index (κ3) is 5.52. The lowest BCUT2D eigenvalue weighted by Crippen LogP contribution is -2.35. The Balaban J connectivity index is 1.60. The molecule has 1 atom stereocenters. The average Bonchev–Trinajstić information content (AvgIpc) is 2.76. The van der Waals surface area contributed by atoms with Crippen LogP contribution < -0.4 is 14.8 Å². The Kier molecular flexibility index (Phi) is 6.76. The maximum absolute atomic E-state index is 13.6. The second kappa shape index (κ2) is 9.66. The fraction of sp³-hybridized carbons (Fsp3) is 0.182. The summed E-state index contributed by atoms with van der Waals surface area (Å²) >= 11 is 0. The summed E-state index contributed by atoms with van der Waals surface area (Å²) < 4.78 is 24.6. The lowest BCUT2D eigenvalue weighted by Gasteiger charge is -2.15. The average molecular weight is 396 g/mol. The predicted molar refractivity (Wildman–Crippen MR) is 106 cm³/mol. The molecule has 7 heteroatoms. The van der Waals surface area contributed by atoms with Crippen LogP contribution in [-0.4, -0.2) is 42.4 Å². The molecule has 1 aromatic heterocycles. The zero-order valence-corrected chi connectivity index (χ0v) is 15.8. The van der Waals surface area contributed by atoms with Crippen LogP contribution in [0.2, 0.25) is 0 Å². The topological polar surface area (TPSA) is 80.7 Å². The number of ether oxygens (including phenoxy) is 2. The van der Waals surface area contributed by atoms with E-state index in [4.69, 9.17) is 9.47 Å². The molecule has 2 aromatic carbocycles. The number of hydrogen-bond donors (Lipinski definition) is 2. The molecule has 1 unspecified atom stereocenters. The van der Waals surface area contributed by atoms with Crippen LogP contribution in [0.15, 0.2) is 67.0 Å². The number of aliphatic hydroxyl groups is 1. The number of nitrogens with one attached hydrogen (secondary N) is 1. The molecule has 3 aromatic rings. The number of aliphatic hydroxyl groups excluding tert-OH is 1. The van der Waals surface area contributed by atoms with Gasteiger partial charge in [0.2, 0.25) is 0 Å². The number of carbonyl (C=O) groups excluding carboxylic acids is 1. The maximum atomic E-state index is 13.6. The first-order valence-electron chi connectivity index (χ1n) is 9.00. The van der Waals surface area contributed by atoms with Gasteiger partial charge in [-0.2, -0.15) is 0 Å². The van der Waals surface area contributed by atoms with Crippen LogP contribution in [0.5, 0.6) is 11.5 Å². The molecule has 0 aliphatic rings. The Morgan fingerprint density at radius 3 is 2.79 bits per heavy atom. The molecule has 0 spiro atoms. The zero-order chi connectivity index (χ0) is 20.6. The largest absolute Gasteiger partial charge is 0.496 e. The number of methoxy groups -OCH3 is 1. The van der Waals surface area contributed by atoms with Gasteiger partial charge in [-0.3, -0.25) is 9.78 Å². The quantitative estimate of drug-likeness (QED) is 0.612. The first-order valence-corrected chi connectivity index (χ1v) is 9.00. The minimum atomic E-state index is -0.907. The molecule has 0 aliphatic carbocycles. The van der Waals surface area contributed by atoms with Crippen LogP contribution >= 0.6 is 0 Å². The summed E-state index contributed by atoms with van der Waals surface area (Å²) in [5, 5.41) is 12.7. The van der Waals surface area contributed by atoms with E-state index in [0.717, 1.165) is 0 Å². The molecule has 150 valence electrons. The van der Waals surface area contributed by atoms with E-state index in [1.54, 1.807) is 48.7 Å². The fourth-order valence-electron chi connectivity index (χ4n) is 2.72. The van der Waals surface area contributed by atoms with Crippen molar-refractivity contribution in [2.24, 2.45) is 0 Å². The highest BCUT2D eigenvalue weighted by molar-refractivity contribution is 5.93. The Morgan fingerprint density at radius 2 is 2.07 bits per heavy atom. The number of pyridine rings is 1. The molecule has 29 heavy (non-hydrogen) atoms. The molecular weight excluding hydrogens is 375 g/mol. The van der Waals surface area contributed by atoms with Gasteiger partial charge in [0.05, 0.1) is 12.7 Å². The van der Waals surface area contributed by atoms with E-state index in [9.17, 15) is 14.3 Å². The number of hydrogen-bond acceptors (Lipinski definition) is 5. The number of amides is 1. The molecular formula is C22H21FN2O4. The van der Waals surface area contributed by atoms with Crippen LogP contribution in [0.4, 0.5) is 4.39 Å². The minimum absolute atomic E-state index is 0.0256. The number of halogens is 1. The molecule has 0 saturated heterocycles. The minimum Gasteiger partial charge on any atom is -0.496 e. The van der Waals surface area contributed by atoms with E-state index < -0.39 is 6.10 Å². The molecule has 3 rings (SSSR count). The van der Waals surface area contributed by atoms with Gasteiger partial charge in [-0.15, -0.1) is 0 Å². The second-order valence-electron chi connectivity index (χ2n) is 6.29. The molecule has 1 amide bonds. The number of rotatable bonds is 8. The SMILES string of the molecule is COc1ccc(OCC(O)CNC(=O)c2cccnc2)cc1-c1cccc(F)c1. The van der Waals surface area contributed by atoms with Gasteiger partial charge in [0, 0.05) is 24.5 Å². The number of benzene rings is 2. The van der Waals surface area contributed by atoms with Crippen molar-refractivity contribution >= 4 is 5.91 Å². The lowest BCUT2D eigenvalue weighted by molar-refractivity contribution is 0.0843. The van der Waals surface area contributed by atoms with Crippen LogP contribution in [-0.2, 0) is 0 Å². The number of nitrogens with zero attached hydrogens (tertiary/aromatic N) is 1. The van der Waals surface area contributed by atoms with Gasteiger partial charge in [0.15, 0.2) is 0 Å². The first-order chi connectivity index (χ1) is 14.1. The maximum Gasteiger partial charge on any atom is 0.252 e. The van der Waals surface area contributed by atoms with E-state index in [2.05, 4.69) is 10.3 Å². The number of carbonyl (C=O) groups is 1. The number of aromatic nitrogens is 1. The van der Waals surface area contributed by atoms with Crippen molar-refractivity contribution < 1.29 is 23.8 Å². The van der Waals surface area contributed by atoms with Crippen LogP contribution in [0.25, 0.3) is 11.1 Å². The highest BCUT2D eigenvalue weighted by atomic mass is 19.1. The summed E-state index contributed by atoms with van der Waals surface area (Å²) in [5.41, 5.74) is 1.73. The summed E-state index contributed by atoms with van der Waals surface area (Å²) in [6, 6.07) is 14.6. The molecule has 0 saturated carbocycles. The summed E-state index contributed by atoms with van der Waals surface area (Å²) in [7, 11) is 1.54. The van der Waals surface area contributed by atoms with Crippen molar-refractivity contribution in [2.75, 3.05) is 20.3 Å². The molecule has 2 N–H and O–H groups in total. The smallest absolute Gasteiger partial charge is 0.252 e. The third-order valence-corrected chi connectivity index (χ3v) is 4.17. The van der Waals surface area contributed by atoms with E-state index in [1.807, 2.05) is 0 Å². The second-order valence-corrected chi connectivity index (χ2v) is 6.29. The standard InChI is InChI=1S/C22H21FN2O4/c1-28-21-8-7-19(11-20(21)15-4-2-6-17(23)10-15)29-14-18(26)13-25-22(27)16-5-3-9-24-12-16/h2-12,18,26H,13-14H2,1H3,(H,25,27). The molecule has 0 aliphatic heterocycles. The Hall–Kier alpha value is -3.45. The van der Waals surface area contributed by atoms with E-state index >= 15 is 0 Å². The van der Waals surface area contributed by atoms with Crippen molar-refractivity contribution in [2.45, 2.75) is 6.10 Å². The van der Waals surface area contributed by atoms with Gasteiger partial charge in [-0.1, -0.05) is 12.1 Å². The lowest BCUT2D eigenvalue weighted by atomic mass is 10.0. The third-order valence-electron chi connectivity index (χ3n) is 4.17. The van der Waals surface area contributed by atoms with Crippen molar-refractivity contribution in [3.8, 4) is 22.6 Å². The molecule has 6 nitrogen and oxygen atoms in total. The Morgan fingerprint density at radius 1 is 1.21 bits per heavy atom. The Labute approximate surface area is 167 Å². The summed E-state index contributed by atoms with van der Waals surface area (Å²) in [4.78, 5) is 15.9. The summed E-state index contributed by atoms with van der Waals surface area (Å²) in [5.74, 6) is 0.389. The van der Waals surface area contributed by atoms with Crippen molar-refractivity contribution in [1.29, 1.82) is 0 Å². The summed E-state index contributed by atoms with van der Waals surface area (Å²) in [6.07, 6.45) is 2.12. The van der Waals surface area contributed by atoms with Crippen LogP contribution in [0, 0.1) is 5.82 Å². The monoisotopic (exact) mass is 396 g/mol. The van der Waals surface area contributed by atoms with Crippen LogP contribution in [0.1, 0.15) is 10.4 Å². The van der Waals surface area contributed by atoms with Crippen molar-refractivity contribution in [3.05, 3.63) is 78.4 Å². The van der Waals surface area contributed by atoms with Gasteiger partial charge in [-0.05, 0) is 48.0 Å². The molecule has 1 heterocycles. The van der Waals surface area contributed by atoms with E-state index in [0.29, 0.717) is 28.2 Å². The molecule has 0 radical (unpaired) electrons. The van der Waals surface area contributed by atoms with E-state index in [-0.39, 0.29) is 24.9 Å². The van der Waals surface area contributed by atoms with Gasteiger partial charge in [-0.25, -0.2) is 4.39 Å². The fourth-order valence-corrected chi connectivity index (χ4v) is 2.72.